The van der Waals surface area contributed by atoms with Crippen LogP contribution in [0.4, 0.5) is 0 Å². The Kier molecular flexibility index (Phi) is 6.93. The predicted octanol–water partition coefficient (Wildman–Crippen LogP) is 13.1. The smallest absolute Gasteiger partial charge is 0.185 e. The van der Waals surface area contributed by atoms with Gasteiger partial charge in [-0.2, -0.15) is 0 Å². The van der Waals surface area contributed by atoms with E-state index in [1.807, 2.05) is 42.5 Å². The van der Waals surface area contributed by atoms with Crippen molar-refractivity contribution in [2.24, 2.45) is 0 Å². The fourth-order valence-electron chi connectivity index (χ4n) is 9.71. The molecule has 2 aliphatic heterocycles. The van der Waals surface area contributed by atoms with Gasteiger partial charge in [0.1, 0.15) is 28.3 Å². The second-order valence-electron chi connectivity index (χ2n) is 15.6. The highest BCUT2D eigenvalue weighted by Crippen LogP contribution is 2.59. The largest absolute Gasteiger partial charge is 0.456 e. The van der Waals surface area contributed by atoms with Gasteiger partial charge in [-0.15, -0.1) is 0 Å². The van der Waals surface area contributed by atoms with Crippen LogP contribution in [0.1, 0.15) is 0 Å². The van der Waals surface area contributed by atoms with Gasteiger partial charge in [-0.25, -0.2) is 0 Å². The standard InChI is InChI=1S/C54H33N2O3P/c57-60-52-28-26-36(34-12-9-14-38(30-34)55-44-20-5-1-16-40(44)41-17-2-6-21-45(41)55)32-50(52)58-48-24-11-25-49(54(48)60)59-51-33-37(27-29-53(51)60)35-13-10-15-39(31-35)56-46-22-7-3-18-42(46)43-19-4-8-23-47(43)56/h1-33H. The number of rotatable bonds is 4. The van der Waals surface area contributed by atoms with Gasteiger partial charge in [0.05, 0.1) is 32.7 Å². The number of benzene rings is 9. The Hall–Kier alpha value is -7.59. The molecule has 4 heterocycles. The maximum Gasteiger partial charge on any atom is 0.185 e. The summed E-state index contributed by atoms with van der Waals surface area (Å²) >= 11 is 0. The minimum atomic E-state index is -3.40. The number of hydrogen-bond acceptors (Lipinski definition) is 3. The molecule has 0 spiro atoms. The van der Waals surface area contributed by atoms with Crippen molar-refractivity contribution >= 4 is 66.7 Å². The first-order valence-corrected chi connectivity index (χ1v) is 21.9. The predicted molar refractivity (Wildman–Crippen MR) is 246 cm³/mol. The molecule has 0 atom stereocenters. The van der Waals surface area contributed by atoms with Crippen LogP contribution in [0, 0.1) is 0 Å². The van der Waals surface area contributed by atoms with Crippen molar-refractivity contribution in [3.8, 4) is 56.6 Å². The Bertz CT molecular complexity index is 3330. The summed E-state index contributed by atoms with van der Waals surface area (Å²) in [6.07, 6.45) is 0. The van der Waals surface area contributed by atoms with Gasteiger partial charge in [-0.05, 0) is 107 Å². The van der Waals surface area contributed by atoms with E-state index in [2.05, 4.69) is 167 Å². The van der Waals surface area contributed by atoms with E-state index in [1.54, 1.807) is 0 Å². The summed E-state index contributed by atoms with van der Waals surface area (Å²) in [7, 11) is -3.40. The molecule has 0 unspecified atom stereocenters. The molecule has 0 radical (unpaired) electrons. The van der Waals surface area contributed by atoms with E-state index in [1.165, 1.54) is 21.5 Å². The zero-order valence-corrected chi connectivity index (χ0v) is 33.0. The van der Waals surface area contributed by atoms with Crippen LogP contribution < -0.4 is 25.4 Å². The van der Waals surface area contributed by atoms with Gasteiger partial charge in [0, 0.05) is 32.9 Å². The van der Waals surface area contributed by atoms with Crippen LogP contribution in [0.2, 0.25) is 0 Å². The molecular weight excluding hydrogens is 756 g/mol. The molecule has 2 aliphatic rings. The summed E-state index contributed by atoms with van der Waals surface area (Å²) in [5.41, 5.74) is 10.8. The molecule has 0 saturated carbocycles. The lowest BCUT2D eigenvalue weighted by molar-refractivity contribution is 0.462. The molecular formula is C54H33N2O3P. The lowest BCUT2D eigenvalue weighted by Gasteiger charge is -2.34. The summed E-state index contributed by atoms with van der Waals surface area (Å²) in [6.45, 7) is 0. The third kappa shape index (κ3) is 4.67. The number of hydrogen-bond donors (Lipinski definition) is 0. The second-order valence-corrected chi connectivity index (χ2v) is 18.3. The maximum atomic E-state index is 16.0. The van der Waals surface area contributed by atoms with E-state index in [4.69, 9.17) is 9.47 Å². The summed E-state index contributed by atoms with van der Waals surface area (Å²) in [6, 6.07) is 69.3. The van der Waals surface area contributed by atoms with E-state index in [9.17, 15) is 0 Å². The number of ether oxygens (including phenoxy) is 2. The molecule has 5 nitrogen and oxygen atoms in total. The highest BCUT2D eigenvalue weighted by atomic mass is 31.2. The summed E-state index contributed by atoms with van der Waals surface area (Å²) in [5.74, 6) is 2.32. The third-order valence-corrected chi connectivity index (χ3v) is 15.5. The third-order valence-electron chi connectivity index (χ3n) is 12.4. The lowest BCUT2D eigenvalue weighted by Crippen LogP contribution is -2.35. The van der Waals surface area contributed by atoms with Gasteiger partial charge >= 0.3 is 0 Å². The van der Waals surface area contributed by atoms with Gasteiger partial charge in [-0.1, -0.05) is 115 Å². The van der Waals surface area contributed by atoms with Crippen LogP contribution in [0.5, 0.6) is 23.0 Å². The first kappa shape index (κ1) is 33.4. The number of aromatic nitrogens is 2. The average molecular weight is 789 g/mol. The van der Waals surface area contributed by atoms with Crippen LogP contribution in [-0.4, -0.2) is 9.13 Å². The normalized spacial score (nSPS) is 13.5. The molecule has 0 N–H and O–H groups in total. The summed E-state index contributed by atoms with van der Waals surface area (Å²) < 4.78 is 33.9. The van der Waals surface area contributed by atoms with Crippen LogP contribution in [0.25, 0.3) is 77.2 Å². The molecule has 9 aromatic carbocycles. The lowest BCUT2D eigenvalue weighted by atomic mass is 10.0. The first-order chi connectivity index (χ1) is 29.6. The van der Waals surface area contributed by atoms with E-state index >= 15 is 4.57 Å². The van der Waals surface area contributed by atoms with Crippen molar-refractivity contribution in [2.75, 3.05) is 0 Å². The molecule has 0 aliphatic carbocycles. The van der Waals surface area contributed by atoms with Crippen molar-refractivity contribution in [1.29, 1.82) is 0 Å². The van der Waals surface area contributed by atoms with Gasteiger partial charge in [0.2, 0.25) is 0 Å². The number of nitrogens with zero attached hydrogens (tertiary/aromatic N) is 2. The van der Waals surface area contributed by atoms with E-state index in [-0.39, 0.29) is 0 Å². The van der Waals surface area contributed by atoms with Crippen LogP contribution >= 0.6 is 7.14 Å². The first-order valence-electron chi connectivity index (χ1n) is 20.2. The van der Waals surface area contributed by atoms with Crippen molar-refractivity contribution < 1.29 is 14.0 Å². The Morgan fingerprint density at radius 1 is 0.333 bits per heavy atom. The van der Waals surface area contributed by atoms with E-state index < -0.39 is 7.14 Å². The Balaban J connectivity index is 0.910. The maximum absolute atomic E-state index is 16.0. The fourth-order valence-corrected chi connectivity index (χ4v) is 12.7. The van der Waals surface area contributed by atoms with Gasteiger partial charge in [0.25, 0.3) is 0 Å². The minimum Gasteiger partial charge on any atom is -0.456 e. The highest BCUT2D eigenvalue weighted by Gasteiger charge is 2.46. The molecule has 282 valence electrons. The second kappa shape index (κ2) is 12.5. The topological polar surface area (TPSA) is 45.4 Å². The van der Waals surface area contributed by atoms with Gasteiger partial charge < -0.3 is 23.2 Å². The SMILES string of the molecule is O=P12c3ccc(-c4cccc(-n5c6ccccc6c6ccccc65)c4)cc3Oc3cccc(c31)Oc1cc(-c3cccc(-n4c5ccccc5c5ccccc54)c3)ccc12. The average Bonchev–Trinajstić information content (AvgIpc) is 3.82. The molecule has 0 bridgehead atoms. The van der Waals surface area contributed by atoms with Crippen molar-refractivity contribution in [3.05, 3.63) is 200 Å². The van der Waals surface area contributed by atoms with Crippen molar-refractivity contribution in [2.45, 2.75) is 0 Å². The van der Waals surface area contributed by atoms with E-state index in [0.29, 0.717) is 38.9 Å². The van der Waals surface area contributed by atoms with Crippen molar-refractivity contribution in [3.63, 3.8) is 0 Å². The van der Waals surface area contributed by atoms with Crippen LogP contribution in [0.15, 0.2) is 200 Å². The Labute approximate surface area is 345 Å². The van der Waals surface area contributed by atoms with Crippen LogP contribution in [0.3, 0.4) is 0 Å². The zero-order valence-electron chi connectivity index (χ0n) is 32.1. The Morgan fingerprint density at radius 3 is 1.12 bits per heavy atom. The zero-order chi connectivity index (χ0) is 39.5. The highest BCUT2D eigenvalue weighted by molar-refractivity contribution is 7.86. The molecule has 6 heteroatoms. The fraction of sp³-hybridized carbons (Fsp3) is 0. The molecule has 13 rings (SSSR count). The summed E-state index contributed by atoms with van der Waals surface area (Å²) in [5, 5.41) is 6.86. The molecule has 0 amide bonds. The number of para-hydroxylation sites is 4. The van der Waals surface area contributed by atoms with Crippen molar-refractivity contribution in [1.82, 2.24) is 9.13 Å². The quantitative estimate of drug-likeness (QED) is 0.167. The minimum absolute atomic E-state index is 0.563. The molecule has 0 fully saturated rings. The molecule has 11 aromatic rings. The molecule has 0 saturated heterocycles. The monoisotopic (exact) mass is 788 g/mol. The summed E-state index contributed by atoms with van der Waals surface area (Å²) in [4.78, 5) is 0. The Morgan fingerprint density at radius 2 is 0.700 bits per heavy atom. The molecule has 2 aromatic heterocycles. The molecule has 60 heavy (non-hydrogen) atoms. The van der Waals surface area contributed by atoms with Crippen LogP contribution in [-0.2, 0) is 4.57 Å². The van der Waals surface area contributed by atoms with E-state index in [0.717, 1.165) is 55.7 Å². The van der Waals surface area contributed by atoms with Gasteiger partial charge in [-0.3, -0.25) is 0 Å². The van der Waals surface area contributed by atoms with Gasteiger partial charge in [0.15, 0.2) is 7.14 Å². The number of fused-ring (bicyclic) bond motifs is 10.